The average Bonchev–Trinajstić information content (AvgIpc) is 2.89. The van der Waals surface area contributed by atoms with Crippen LogP contribution in [0, 0.1) is 13.8 Å². The number of nitrogens with zero attached hydrogens (tertiary/aromatic N) is 2. The van der Waals surface area contributed by atoms with E-state index < -0.39 is 19.7 Å². The number of hydrogen-bond acceptors (Lipinski definition) is 8. The highest BCUT2D eigenvalue weighted by molar-refractivity contribution is 9.10. The van der Waals surface area contributed by atoms with Crippen molar-refractivity contribution in [3.8, 4) is 0 Å². The maximum absolute atomic E-state index is 12.0. The molecule has 2 aromatic carbocycles. The molecule has 4 rings (SSSR count). The average molecular weight is 660 g/mol. The Labute approximate surface area is 249 Å². The SMILES string of the molecule is CC(=O)c1ccc(C)nc1.CS(=O)(=O)c1ccc(Br)cc1.Cc1ccc(C(=O)Cc2ccc(S(C)(=O)=O)cc2)cn1. The van der Waals surface area contributed by atoms with Gasteiger partial charge in [-0.1, -0.05) is 28.1 Å². The van der Waals surface area contributed by atoms with Gasteiger partial charge in [0.1, 0.15) is 0 Å². The summed E-state index contributed by atoms with van der Waals surface area (Å²) in [4.78, 5) is 31.4. The molecule has 0 atom stereocenters. The molecule has 0 amide bonds. The minimum Gasteiger partial charge on any atom is -0.294 e. The highest BCUT2D eigenvalue weighted by atomic mass is 79.9. The Morgan fingerprint density at radius 3 is 1.44 bits per heavy atom. The molecule has 216 valence electrons. The third kappa shape index (κ3) is 11.8. The highest BCUT2D eigenvalue weighted by Crippen LogP contribution is 2.14. The standard InChI is InChI=1S/C15H15NO3S.C8H9NO.C7H7BrO2S/c1-11-3-6-13(10-16-11)15(17)9-12-4-7-14(8-5-12)20(2,18)19;1-6-3-4-8(5-9-6)7(2)10;1-11(9,10)7-4-2-6(8)3-5-7/h3-8,10H,9H2,1-2H3;3-5H,1-2H3;2-5H,1H3. The van der Waals surface area contributed by atoms with E-state index in [0.29, 0.717) is 16.0 Å². The fourth-order valence-electron chi connectivity index (χ4n) is 3.13. The number of sulfone groups is 2. The van der Waals surface area contributed by atoms with Crippen molar-refractivity contribution in [3.05, 3.63) is 118 Å². The lowest BCUT2D eigenvalue weighted by molar-refractivity contribution is 0.0989. The van der Waals surface area contributed by atoms with Crippen molar-refractivity contribution < 1.29 is 26.4 Å². The van der Waals surface area contributed by atoms with Crippen LogP contribution in [0.2, 0.25) is 0 Å². The molecule has 0 N–H and O–H groups in total. The Morgan fingerprint density at radius 2 is 1.07 bits per heavy atom. The second-order valence-electron chi connectivity index (χ2n) is 9.17. The van der Waals surface area contributed by atoms with E-state index in [0.717, 1.165) is 27.7 Å². The predicted octanol–water partition coefficient (Wildman–Crippen LogP) is 5.66. The van der Waals surface area contributed by atoms with E-state index in [9.17, 15) is 26.4 Å². The Hall–Kier alpha value is -3.54. The van der Waals surface area contributed by atoms with Gasteiger partial charge in [-0.2, -0.15) is 0 Å². The molecule has 0 aliphatic carbocycles. The summed E-state index contributed by atoms with van der Waals surface area (Å²) >= 11 is 3.22. The number of Topliss-reactive ketones (excluding diaryl/α,β-unsaturated/α-hetero) is 2. The van der Waals surface area contributed by atoms with Crippen molar-refractivity contribution in [1.82, 2.24) is 9.97 Å². The summed E-state index contributed by atoms with van der Waals surface area (Å²) in [5.74, 6) is 0.0251. The monoisotopic (exact) mass is 658 g/mol. The van der Waals surface area contributed by atoms with E-state index in [1.54, 1.807) is 67.0 Å². The van der Waals surface area contributed by atoms with E-state index in [1.807, 2.05) is 19.9 Å². The van der Waals surface area contributed by atoms with Crippen LogP contribution in [-0.4, -0.2) is 50.9 Å². The molecule has 0 radical (unpaired) electrons. The molecule has 0 unspecified atom stereocenters. The van der Waals surface area contributed by atoms with E-state index in [1.165, 1.54) is 25.3 Å². The van der Waals surface area contributed by atoms with Crippen LogP contribution in [0.3, 0.4) is 0 Å². The molecule has 2 aromatic heterocycles. The molecule has 0 aliphatic rings. The number of ketones is 2. The van der Waals surface area contributed by atoms with Crippen LogP contribution >= 0.6 is 15.9 Å². The van der Waals surface area contributed by atoms with E-state index in [-0.39, 0.29) is 22.9 Å². The third-order valence-corrected chi connectivity index (χ3v) is 8.29. The van der Waals surface area contributed by atoms with Gasteiger partial charge < -0.3 is 0 Å². The number of aryl methyl sites for hydroxylation is 2. The predicted molar refractivity (Wildman–Crippen MR) is 163 cm³/mol. The Morgan fingerprint density at radius 1 is 0.659 bits per heavy atom. The van der Waals surface area contributed by atoms with Crippen molar-refractivity contribution in [2.75, 3.05) is 12.5 Å². The number of hydrogen-bond donors (Lipinski definition) is 0. The topological polar surface area (TPSA) is 128 Å². The lowest BCUT2D eigenvalue weighted by Crippen LogP contribution is -2.05. The Balaban J connectivity index is 0.000000236. The number of pyridine rings is 2. The molecule has 0 aliphatic heterocycles. The summed E-state index contributed by atoms with van der Waals surface area (Å²) in [7, 11) is -6.24. The highest BCUT2D eigenvalue weighted by Gasteiger charge is 2.10. The molecule has 8 nitrogen and oxygen atoms in total. The van der Waals surface area contributed by atoms with Gasteiger partial charge >= 0.3 is 0 Å². The molecule has 4 aromatic rings. The van der Waals surface area contributed by atoms with Crippen molar-refractivity contribution in [1.29, 1.82) is 0 Å². The van der Waals surface area contributed by atoms with Crippen LogP contribution in [0.25, 0.3) is 0 Å². The molecule has 0 spiro atoms. The summed E-state index contributed by atoms with van der Waals surface area (Å²) in [6, 6.07) is 20.1. The van der Waals surface area contributed by atoms with Crippen LogP contribution in [0.15, 0.2) is 99.5 Å². The van der Waals surface area contributed by atoms with Crippen LogP contribution in [0.1, 0.15) is 44.6 Å². The molecule has 0 saturated carbocycles. The first kappa shape index (κ1) is 33.7. The minimum absolute atomic E-state index is 0.0374. The number of carbonyl (C=O) groups excluding carboxylic acids is 2. The fourth-order valence-corrected chi connectivity index (χ4v) is 4.66. The molecule has 11 heteroatoms. The largest absolute Gasteiger partial charge is 0.294 e. The smallest absolute Gasteiger partial charge is 0.175 e. The van der Waals surface area contributed by atoms with Gasteiger partial charge in [0, 0.05) is 58.3 Å². The Bertz CT molecular complexity index is 1690. The van der Waals surface area contributed by atoms with E-state index in [4.69, 9.17) is 0 Å². The first-order chi connectivity index (χ1) is 19.1. The molecular formula is C30H31BrN2O6S2. The van der Waals surface area contributed by atoms with Gasteiger partial charge in [0.05, 0.1) is 9.79 Å². The second kappa shape index (κ2) is 14.9. The van der Waals surface area contributed by atoms with Crippen LogP contribution in [-0.2, 0) is 26.1 Å². The zero-order valence-corrected chi connectivity index (χ0v) is 26.5. The van der Waals surface area contributed by atoms with Gasteiger partial charge in [0.15, 0.2) is 31.2 Å². The Kier molecular flexibility index (Phi) is 12.2. The summed E-state index contributed by atoms with van der Waals surface area (Å²) < 4.78 is 45.4. The van der Waals surface area contributed by atoms with Gasteiger partial charge in [-0.3, -0.25) is 19.6 Å². The van der Waals surface area contributed by atoms with Gasteiger partial charge in [0.25, 0.3) is 0 Å². The maximum atomic E-state index is 12.0. The van der Waals surface area contributed by atoms with Gasteiger partial charge in [-0.15, -0.1) is 0 Å². The fraction of sp³-hybridized carbons (Fsp3) is 0.200. The zero-order valence-electron chi connectivity index (χ0n) is 23.3. The number of halogens is 1. The molecule has 0 bridgehead atoms. The number of carbonyl (C=O) groups is 2. The number of aromatic nitrogens is 2. The summed E-state index contributed by atoms with van der Waals surface area (Å²) in [6.45, 7) is 5.29. The maximum Gasteiger partial charge on any atom is 0.175 e. The lowest BCUT2D eigenvalue weighted by atomic mass is 10.0. The lowest BCUT2D eigenvalue weighted by Gasteiger charge is -2.03. The first-order valence-corrected chi connectivity index (χ1v) is 16.8. The van der Waals surface area contributed by atoms with Crippen molar-refractivity contribution in [2.45, 2.75) is 37.0 Å². The van der Waals surface area contributed by atoms with Crippen LogP contribution < -0.4 is 0 Å². The van der Waals surface area contributed by atoms with Crippen molar-refractivity contribution in [3.63, 3.8) is 0 Å². The van der Waals surface area contributed by atoms with E-state index >= 15 is 0 Å². The first-order valence-electron chi connectivity index (χ1n) is 12.2. The van der Waals surface area contributed by atoms with E-state index in [2.05, 4.69) is 25.9 Å². The van der Waals surface area contributed by atoms with Gasteiger partial charge in [-0.25, -0.2) is 16.8 Å². The normalized spacial score (nSPS) is 10.9. The molecule has 0 fully saturated rings. The molecular weight excluding hydrogens is 628 g/mol. The summed E-state index contributed by atoms with van der Waals surface area (Å²) in [5.41, 5.74) is 3.81. The molecule has 2 heterocycles. The zero-order chi connectivity index (χ0) is 30.8. The van der Waals surface area contributed by atoms with Crippen LogP contribution in [0.4, 0.5) is 0 Å². The van der Waals surface area contributed by atoms with Gasteiger partial charge in [0.2, 0.25) is 0 Å². The van der Waals surface area contributed by atoms with Crippen molar-refractivity contribution in [2.24, 2.45) is 0 Å². The van der Waals surface area contributed by atoms with Crippen molar-refractivity contribution >= 4 is 47.2 Å². The minimum atomic E-state index is -3.20. The summed E-state index contributed by atoms with van der Waals surface area (Å²) in [6.07, 6.45) is 5.73. The molecule has 41 heavy (non-hydrogen) atoms. The second-order valence-corrected chi connectivity index (χ2v) is 14.1. The van der Waals surface area contributed by atoms with Gasteiger partial charge in [-0.05, 0) is 87.0 Å². The number of benzene rings is 2. The van der Waals surface area contributed by atoms with Crippen LogP contribution in [0.5, 0.6) is 0 Å². The quantitative estimate of drug-likeness (QED) is 0.243. The summed E-state index contributed by atoms with van der Waals surface area (Å²) in [5, 5.41) is 0. The number of rotatable bonds is 6. The third-order valence-electron chi connectivity index (χ3n) is 5.51. The molecule has 0 saturated heterocycles.